The molecule has 1 atom stereocenters. The van der Waals surface area contributed by atoms with Crippen LogP contribution in [-0.4, -0.2) is 45.5 Å². The molecule has 3 N–H and O–H groups in total. The fourth-order valence-electron chi connectivity index (χ4n) is 4.32. The number of carbonyl (C=O) groups excluding carboxylic acids is 2. The number of hydrogen-bond acceptors (Lipinski definition) is 5. The van der Waals surface area contributed by atoms with E-state index >= 15 is 0 Å². The van der Waals surface area contributed by atoms with Crippen LogP contribution in [0.15, 0.2) is 54.7 Å². The Kier molecular flexibility index (Phi) is 6.62. The Morgan fingerprint density at radius 1 is 1.09 bits per heavy atom. The fraction of sp³-hybridized carbons (Fsp3) is 0.280. The zero-order chi connectivity index (χ0) is 24.2. The number of nitrogens with one attached hydrogen (secondary N) is 2. The number of aryl methyl sites for hydroxylation is 1. The second kappa shape index (κ2) is 9.78. The van der Waals surface area contributed by atoms with Gasteiger partial charge in [0.25, 0.3) is 0 Å². The largest absolute Gasteiger partial charge is 0.477 e. The standard InChI is InChI=1S/C25H26N4O5/c1-15(11-22(30)26-12-16-13-27-29(2)23(16)24(31)32)28-25(33)34-14-21-19-9-5-3-7-17(19)18-8-4-6-10-20(18)21/h3-10,13,15,21H,11-12,14H2,1-2H3,(H,26,30)(H,28,33)(H,31,32). The Morgan fingerprint density at radius 2 is 1.71 bits per heavy atom. The van der Waals surface area contributed by atoms with Gasteiger partial charge in [-0.25, -0.2) is 9.59 Å². The maximum atomic E-state index is 12.4. The van der Waals surface area contributed by atoms with Gasteiger partial charge in [0.15, 0.2) is 5.69 Å². The van der Waals surface area contributed by atoms with Gasteiger partial charge in [-0.05, 0) is 29.2 Å². The maximum absolute atomic E-state index is 12.4. The highest BCUT2D eigenvalue weighted by atomic mass is 16.5. The van der Waals surface area contributed by atoms with Gasteiger partial charge in [0, 0.05) is 37.5 Å². The molecule has 0 spiro atoms. The normalized spacial score (nSPS) is 13.0. The van der Waals surface area contributed by atoms with Crippen LogP contribution in [0.5, 0.6) is 0 Å². The highest BCUT2D eigenvalue weighted by molar-refractivity contribution is 5.87. The van der Waals surface area contributed by atoms with E-state index in [1.165, 1.54) is 17.9 Å². The Bertz CT molecular complexity index is 1190. The first-order valence-corrected chi connectivity index (χ1v) is 11.0. The maximum Gasteiger partial charge on any atom is 0.407 e. The lowest BCUT2D eigenvalue weighted by atomic mass is 9.98. The van der Waals surface area contributed by atoms with E-state index in [2.05, 4.69) is 27.9 Å². The van der Waals surface area contributed by atoms with Crippen LogP contribution < -0.4 is 10.6 Å². The molecule has 1 aliphatic rings. The van der Waals surface area contributed by atoms with E-state index in [9.17, 15) is 19.5 Å². The van der Waals surface area contributed by atoms with Crippen molar-refractivity contribution in [3.8, 4) is 11.1 Å². The van der Waals surface area contributed by atoms with Gasteiger partial charge in [0.05, 0.1) is 6.20 Å². The van der Waals surface area contributed by atoms with Crippen molar-refractivity contribution >= 4 is 18.0 Å². The number of rotatable bonds is 8. The van der Waals surface area contributed by atoms with Crippen LogP contribution in [0.2, 0.25) is 0 Å². The molecule has 1 aliphatic carbocycles. The minimum Gasteiger partial charge on any atom is -0.477 e. The van der Waals surface area contributed by atoms with Crippen LogP contribution in [0.25, 0.3) is 11.1 Å². The number of carboxylic acids is 1. The third kappa shape index (κ3) is 4.78. The number of benzene rings is 2. The number of aromatic carboxylic acids is 1. The minimum absolute atomic E-state index is 0.0186. The number of ether oxygens (including phenoxy) is 1. The lowest BCUT2D eigenvalue weighted by Gasteiger charge is -2.17. The molecule has 0 fully saturated rings. The highest BCUT2D eigenvalue weighted by Crippen LogP contribution is 2.44. The number of fused-ring (bicyclic) bond motifs is 3. The predicted molar refractivity (Wildman–Crippen MR) is 124 cm³/mol. The summed E-state index contributed by atoms with van der Waals surface area (Å²) >= 11 is 0. The lowest BCUT2D eigenvalue weighted by Crippen LogP contribution is -2.38. The van der Waals surface area contributed by atoms with Gasteiger partial charge in [-0.2, -0.15) is 5.10 Å². The first kappa shape index (κ1) is 23.0. The second-order valence-corrected chi connectivity index (χ2v) is 8.30. The SMILES string of the molecule is CC(CC(=O)NCc1cnn(C)c1C(=O)O)NC(=O)OCC1c2ccccc2-c2ccccc21. The van der Waals surface area contributed by atoms with Crippen LogP contribution in [-0.2, 0) is 23.1 Å². The Balaban J connectivity index is 1.27. The first-order valence-electron chi connectivity index (χ1n) is 11.0. The van der Waals surface area contributed by atoms with E-state index in [-0.39, 0.29) is 37.1 Å². The van der Waals surface area contributed by atoms with Crippen LogP contribution in [0.1, 0.15) is 46.4 Å². The van der Waals surface area contributed by atoms with Crippen molar-refractivity contribution in [3.05, 3.63) is 77.1 Å². The molecule has 0 radical (unpaired) electrons. The van der Waals surface area contributed by atoms with Gasteiger partial charge in [0.2, 0.25) is 5.91 Å². The van der Waals surface area contributed by atoms with Crippen molar-refractivity contribution < 1.29 is 24.2 Å². The summed E-state index contributed by atoms with van der Waals surface area (Å²) in [5, 5.41) is 18.5. The summed E-state index contributed by atoms with van der Waals surface area (Å²) in [5.74, 6) is -1.49. The number of amides is 2. The number of alkyl carbamates (subject to hydrolysis) is 1. The van der Waals surface area contributed by atoms with Gasteiger partial charge in [-0.3, -0.25) is 9.48 Å². The molecule has 9 heteroatoms. The molecule has 1 heterocycles. The van der Waals surface area contributed by atoms with Crippen molar-refractivity contribution in [3.63, 3.8) is 0 Å². The molecule has 0 bridgehead atoms. The monoisotopic (exact) mass is 462 g/mol. The quantitative estimate of drug-likeness (QED) is 0.473. The van der Waals surface area contributed by atoms with Crippen LogP contribution >= 0.6 is 0 Å². The number of aromatic nitrogens is 2. The Hall–Kier alpha value is -4.14. The van der Waals surface area contributed by atoms with Gasteiger partial charge < -0.3 is 20.5 Å². The number of hydrogen-bond donors (Lipinski definition) is 3. The van der Waals surface area contributed by atoms with Gasteiger partial charge in [-0.1, -0.05) is 48.5 Å². The molecule has 9 nitrogen and oxygen atoms in total. The minimum atomic E-state index is -1.12. The van der Waals surface area contributed by atoms with E-state index in [4.69, 9.17) is 4.74 Å². The molecule has 0 saturated carbocycles. The van der Waals surface area contributed by atoms with Gasteiger partial charge in [-0.15, -0.1) is 0 Å². The van der Waals surface area contributed by atoms with Crippen molar-refractivity contribution in [1.82, 2.24) is 20.4 Å². The van der Waals surface area contributed by atoms with Crippen molar-refractivity contribution in [2.45, 2.75) is 31.8 Å². The smallest absolute Gasteiger partial charge is 0.407 e. The summed E-state index contributed by atoms with van der Waals surface area (Å²) in [4.78, 5) is 35.9. The Morgan fingerprint density at radius 3 is 2.32 bits per heavy atom. The molecule has 1 aromatic heterocycles. The van der Waals surface area contributed by atoms with Gasteiger partial charge >= 0.3 is 12.1 Å². The summed E-state index contributed by atoms with van der Waals surface area (Å²) < 4.78 is 6.75. The van der Waals surface area contributed by atoms with E-state index < -0.39 is 18.1 Å². The average molecular weight is 463 g/mol. The lowest BCUT2D eigenvalue weighted by molar-refractivity contribution is -0.121. The zero-order valence-electron chi connectivity index (χ0n) is 18.9. The van der Waals surface area contributed by atoms with Crippen molar-refractivity contribution in [1.29, 1.82) is 0 Å². The molecule has 0 saturated heterocycles. The second-order valence-electron chi connectivity index (χ2n) is 8.30. The number of nitrogens with zero attached hydrogens (tertiary/aromatic N) is 2. The summed E-state index contributed by atoms with van der Waals surface area (Å²) in [6, 6.07) is 15.7. The van der Waals surface area contributed by atoms with Crippen LogP contribution in [0.4, 0.5) is 4.79 Å². The first-order chi connectivity index (χ1) is 16.3. The number of carbonyl (C=O) groups is 3. The third-order valence-corrected chi connectivity index (χ3v) is 5.89. The van der Waals surface area contributed by atoms with E-state index in [1.54, 1.807) is 6.92 Å². The molecular weight excluding hydrogens is 436 g/mol. The summed E-state index contributed by atoms with van der Waals surface area (Å²) in [6.07, 6.45) is 0.831. The molecule has 2 aromatic carbocycles. The summed E-state index contributed by atoms with van der Waals surface area (Å²) in [6.45, 7) is 1.93. The zero-order valence-corrected chi connectivity index (χ0v) is 18.9. The van der Waals surface area contributed by atoms with Crippen LogP contribution in [0, 0.1) is 0 Å². The molecule has 176 valence electrons. The molecular formula is C25H26N4O5. The topological polar surface area (TPSA) is 123 Å². The molecule has 2 amide bonds. The average Bonchev–Trinajstić information content (AvgIpc) is 3.34. The summed E-state index contributed by atoms with van der Waals surface area (Å²) in [5.41, 5.74) is 4.97. The number of carboxylic acid groups (broad SMARTS) is 1. The van der Waals surface area contributed by atoms with Crippen LogP contribution in [0.3, 0.4) is 0 Å². The molecule has 34 heavy (non-hydrogen) atoms. The molecule has 3 aromatic rings. The molecule has 0 aliphatic heterocycles. The molecule has 4 rings (SSSR count). The van der Waals surface area contributed by atoms with Gasteiger partial charge in [0.1, 0.15) is 6.61 Å². The van der Waals surface area contributed by atoms with E-state index in [0.29, 0.717) is 5.56 Å². The summed E-state index contributed by atoms with van der Waals surface area (Å²) in [7, 11) is 1.52. The Labute approximate surface area is 196 Å². The highest BCUT2D eigenvalue weighted by Gasteiger charge is 2.29. The fourth-order valence-corrected chi connectivity index (χ4v) is 4.32. The third-order valence-electron chi connectivity index (χ3n) is 5.89. The van der Waals surface area contributed by atoms with E-state index in [1.807, 2.05) is 36.4 Å². The predicted octanol–water partition coefficient (Wildman–Crippen LogP) is 3.05. The van der Waals surface area contributed by atoms with E-state index in [0.717, 1.165) is 22.3 Å². The molecule has 1 unspecified atom stereocenters. The van der Waals surface area contributed by atoms with Crippen molar-refractivity contribution in [2.75, 3.05) is 6.61 Å². The van der Waals surface area contributed by atoms with Crippen molar-refractivity contribution in [2.24, 2.45) is 7.05 Å².